The summed E-state index contributed by atoms with van der Waals surface area (Å²) in [4.78, 5) is 17.4. The molecule has 1 atom stereocenters. The SMILES string of the molecule is CCOc1c(Cl)cc(C(=O)N(Cc2ccc(N(CC)CC)cc2)C2CCS(=O)(=O)C2)cc1Cl. The summed E-state index contributed by atoms with van der Waals surface area (Å²) >= 11 is 12.6. The zero-order chi connectivity index (χ0) is 24.2. The van der Waals surface area contributed by atoms with Gasteiger partial charge in [-0.25, -0.2) is 8.42 Å². The summed E-state index contributed by atoms with van der Waals surface area (Å²) in [7, 11) is -3.18. The van der Waals surface area contributed by atoms with Crippen molar-refractivity contribution < 1.29 is 17.9 Å². The second-order valence-electron chi connectivity index (χ2n) is 8.03. The quantitative estimate of drug-likeness (QED) is 0.469. The number of hydrogen-bond acceptors (Lipinski definition) is 5. The van der Waals surface area contributed by atoms with Gasteiger partial charge in [-0.3, -0.25) is 4.79 Å². The number of carbonyl (C=O) groups excluding carboxylic acids is 1. The smallest absolute Gasteiger partial charge is 0.254 e. The average molecular weight is 513 g/mol. The van der Waals surface area contributed by atoms with E-state index in [-0.39, 0.29) is 27.5 Å². The van der Waals surface area contributed by atoms with Crippen molar-refractivity contribution in [2.45, 2.75) is 39.8 Å². The average Bonchev–Trinajstić information content (AvgIpc) is 3.15. The number of nitrogens with zero attached hydrogens (tertiary/aromatic N) is 2. The van der Waals surface area contributed by atoms with E-state index in [0.717, 1.165) is 24.3 Å². The minimum Gasteiger partial charge on any atom is -0.491 e. The molecule has 180 valence electrons. The Hall–Kier alpha value is -1.96. The maximum absolute atomic E-state index is 13.6. The number of rotatable bonds is 9. The first-order valence-electron chi connectivity index (χ1n) is 11.2. The van der Waals surface area contributed by atoms with E-state index in [4.69, 9.17) is 27.9 Å². The monoisotopic (exact) mass is 512 g/mol. The zero-order valence-corrected chi connectivity index (χ0v) is 21.5. The summed E-state index contributed by atoms with van der Waals surface area (Å²) in [5, 5.41) is 0.491. The van der Waals surface area contributed by atoms with Crippen LogP contribution in [0.3, 0.4) is 0 Å². The van der Waals surface area contributed by atoms with Crippen molar-refractivity contribution in [2.75, 3.05) is 36.1 Å². The Labute approximate surface area is 206 Å². The van der Waals surface area contributed by atoms with Gasteiger partial charge in [0.1, 0.15) is 0 Å². The summed E-state index contributed by atoms with van der Waals surface area (Å²) in [5.74, 6) is 0.0539. The predicted molar refractivity (Wildman–Crippen MR) is 135 cm³/mol. The molecule has 1 fully saturated rings. The first-order valence-corrected chi connectivity index (χ1v) is 13.7. The number of amides is 1. The minimum absolute atomic E-state index is 0.0469. The minimum atomic E-state index is -3.18. The molecule has 2 aromatic carbocycles. The van der Waals surface area contributed by atoms with Crippen LogP contribution in [0.15, 0.2) is 36.4 Å². The molecule has 1 aliphatic heterocycles. The number of anilines is 1. The molecule has 0 radical (unpaired) electrons. The second-order valence-corrected chi connectivity index (χ2v) is 11.1. The van der Waals surface area contributed by atoms with E-state index in [2.05, 4.69) is 18.7 Å². The number of ether oxygens (including phenoxy) is 1. The van der Waals surface area contributed by atoms with Gasteiger partial charge < -0.3 is 14.5 Å². The van der Waals surface area contributed by atoms with Crippen LogP contribution in [0, 0.1) is 0 Å². The van der Waals surface area contributed by atoms with Crippen LogP contribution < -0.4 is 9.64 Å². The third kappa shape index (κ3) is 6.14. The van der Waals surface area contributed by atoms with E-state index in [9.17, 15) is 13.2 Å². The summed E-state index contributed by atoms with van der Waals surface area (Å²) in [6, 6.07) is 10.7. The molecule has 6 nitrogen and oxygen atoms in total. The van der Waals surface area contributed by atoms with Crippen molar-refractivity contribution in [1.29, 1.82) is 0 Å². The molecular formula is C24H30Cl2N2O4S. The lowest BCUT2D eigenvalue weighted by molar-refractivity contribution is 0.0681. The molecule has 3 rings (SSSR count). The van der Waals surface area contributed by atoms with Gasteiger partial charge in [0.25, 0.3) is 5.91 Å². The van der Waals surface area contributed by atoms with Crippen molar-refractivity contribution in [3.05, 3.63) is 57.6 Å². The number of sulfone groups is 1. The van der Waals surface area contributed by atoms with E-state index in [1.54, 1.807) is 4.90 Å². The molecule has 1 aliphatic rings. The van der Waals surface area contributed by atoms with E-state index >= 15 is 0 Å². The topological polar surface area (TPSA) is 66.9 Å². The Morgan fingerprint density at radius 2 is 1.67 bits per heavy atom. The van der Waals surface area contributed by atoms with Crippen molar-refractivity contribution in [2.24, 2.45) is 0 Å². The number of hydrogen-bond donors (Lipinski definition) is 0. The molecule has 0 bridgehead atoms. The van der Waals surface area contributed by atoms with Crippen LogP contribution in [-0.4, -0.2) is 56.5 Å². The molecule has 0 aliphatic carbocycles. The van der Waals surface area contributed by atoms with Crippen LogP contribution in [-0.2, 0) is 16.4 Å². The Bertz CT molecular complexity index is 1060. The molecule has 0 spiro atoms. The number of halogens is 2. The Morgan fingerprint density at radius 3 is 2.15 bits per heavy atom. The lowest BCUT2D eigenvalue weighted by Crippen LogP contribution is -2.40. The lowest BCUT2D eigenvalue weighted by atomic mass is 10.1. The highest BCUT2D eigenvalue weighted by Crippen LogP contribution is 2.35. The van der Waals surface area contributed by atoms with Crippen LogP contribution in [0.4, 0.5) is 5.69 Å². The maximum atomic E-state index is 13.6. The number of carbonyl (C=O) groups is 1. The summed E-state index contributed by atoms with van der Waals surface area (Å²) < 4.78 is 29.8. The molecule has 0 aromatic heterocycles. The molecule has 9 heteroatoms. The predicted octanol–water partition coefficient (Wildman–Crippen LogP) is 5.07. The van der Waals surface area contributed by atoms with Gasteiger partial charge in [-0.05, 0) is 57.0 Å². The van der Waals surface area contributed by atoms with Crippen molar-refractivity contribution in [3.8, 4) is 5.75 Å². The van der Waals surface area contributed by atoms with Gasteiger partial charge in [-0.15, -0.1) is 0 Å². The molecule has 1 amide bonds. The maximum Gasteiger partial charge on any atom is 0.254 e. The van der Waals surface area contributed by atoms with Crippen LogP contribution in [0.25, 0.3) is 0 Å². The van der Waals surface area contributed by atoms with Crippen molar-refractivity contribution in [1.82, 2.24) is 4.90 Å². The fourth-order valence-electron chi connectivity index (χ4n) is 4.12. The van der Waals surface area contributed by atoms with Gasteiger partial charge in [-0.1, -0.05) is 35.3 Å². The summed E-state index contributed by atoms with van der Waals surface area (Å²) in [5.41, 5.74) is 2.33. The largest absolute Gasteiger partial charge is 0.491 e. The summed E-state index contributed by atoms with van der Waals surface area (Å²) in [6.07, 6.45) is 0.407. The highest BCUT2D eigenvalue weighted by atomic mass is 35.5. The van der Waals surface area contributed by atoms with Crippen LogP contribution in [0.1, 0.15) is 43.1 Å². The van der Waals surface area contributed by atoms with Gasteiger partial charge in [0.2, 0.25) is 0 Å². The third-order valence-corrected chi connectivity index (χ3v) is 8.17. The molecule has 0 saturated carbocycles. The van der Waals surface area contributed by atoms with E-state index < -0.39 is 15.9 Å². The standard InChI is InChI=1S/C24H30Cl2N2O4S/c1-4-27(5-2)19-9-7-17(8-10-19)15-28(20-11-12-33(30,31)16-20)24(29)18-13-21(25)23(32-6-3)22(26)14-18/h7-10,13-14,20H,4-6,11-12,15-16H2,1-3H3. The van der Waals surface area contributed by atoms with Crippen LogP contribution in [0.5, 0.6) is 5.75 Å². The van der Waals surface area contributed by atoms with Gasteiger partial charge in [-0.2, -0.15) is 0 Å². The highest BCUT2D eigenvalue weighted by molar-refractivity contribution is 7.91. The molecule has 1 unspecified atom stereocenters. The van der Waals surface area contributed by atoms with Crippen LogP contribution in [0.2, 0.25) is 10.0 Å². The van der Waals surface area contributed by atoms with Gasteiger partial charge in [0.15, 0.2) is 15.6 Å². The highest BCUT2D eigenvalue weighted by Gasteiger charge is 2.35. The third-order valence-electron chi connectivity index (χ3n) is 5.86. The molecule has 0 N–H and O–H groups in total. The van der Waals surface area contributed by atoms with Crippen molar-refractivity contribution >= 4 is 44.6 Å². The normalized spacial score (nSPS) is 17.1. The molecule has 1 heterocycles. The fraction of sp³-hybridized carbons (Fsp3) is 0.458. The number of benzene rings is 2. The van der Waals surface area contributed by atoms with Crippen LogP contribution >= 0.6 is 23.2 Å². The Morgan fingerprint density at radius 1 is 1.06 bits per heavy atom. The van der Waals surface area contributed by atoms with E-state index in [1.165, 1.54) is 12.1 Å². The van der Waals surface area contributed by atoms with Crippen molar-refractivity contribution in [3.63, 3.8) is 0 Å². The fourth-order valence-corrected chi connectivity index (χ4v) is 6.44. The van der Waals surface area contributed by atoms with Gasteiger partial charge in [0.05, 0.1) is 28.2 Å². The first-order chi connectivity index (χ1) is 15.7. The molecule has 1 saturated heterocycles. The molecule has 33 heavy (non-hydrogen) atoms. The Kier molecular flexibility index (Phi) is 8.54. The molecule has 2 aromatic rings. The second kappa shape index (κ2) is 11.0. The lowest BCUT2D eigenvalue weighted by Gasteiger charge is -2.29. The zero-order valence-electron chi connectivity index (χ0n) is 19.2. The molecular weight excluding hydrogens is 483 g/mol. The first kappa shape index (κ1) is 25.7. The summed E-state index contributed by atoms with van der Waals surface area (Å²) in [6.45, 7) is 8.51. The van der Waals surface area contributed by atoms with E-state index in [1.807, 2.05) is 31.2 Å². The van der Waals surface area contributed by atoms with Gasteiger partial charge >= 0.3 is 0 Å². The Balaban J connectivity index is 1.91. The van der Waals surface area contributed by atoms with Gasteiger partial charge in [0, 0.05) is 36.9 Å². The van der Waals surface area contributed by atoms with E-state index in [0.29, 0.717) is 30.9 Å².